The minimum Gasteiger partial charge on any atom is -0.341 e. The highest BCUT2D eigenvalue weighted by Gasteiger charge is 2.24. The van der Waals surface area contributed by atoms with Crippen LogP contribution >= 0.6 is 11.6 Å². The first-order valence-corrected chi connectivity index (χ1v) is 40.9. The van der Waals surface area contributed by atoms with Crippen molar-refractivity contribution in [2.75, 3.05) is 58.9 Å². The van der Waals surface area contributed by atoms with E-state index in [4.69, 9.17) is 11.6 Å². The molecule has 0 aliphatic rings. The zero-order chi connectivity index (χ0) is 78.1. The van der Waals surface area contributed by atoms with Crippen LogP contribution in [0.1, 0.15) is 159 Å². The lowest BCUT2D eigenvalue weighted by Crippen LogP contribution is -2.19. The molecule has 0 atom stereocenters. The van der Waals surface area contributed by atoms with Gasteiger partial charge in [-0.25, -0.2) is 40.2 Å². The zero-order valence-electron chi connectivity index (χ0n) is 62.0. The molecule has 0 aliphatic heterocycles. The van der Waals surface area contributed by atoms with Gasteiger partial charge in [0.2, 0.25) is 41.9 Å². The first kappa shape index (κ1) is 82.5. The number of azo groups is 2. The number of anilines is 10. The summed E-state index contributed by atoms with van der Waals surface area (Å²) >= 11 is 5.95. The van der Waals surface area contributed by atoms with Crippen molar-refractivity contribution >= 4 is 133 Å². The molecule has 0 fully saturated rings. The van der Waals surface area contributed by atoms with Crippen molar-refractivity contribution in [2.24, 2.45) is 20.5 Å². The number of sulfonamides is 3. The Labute approximate surface area is 635 Å². The molecular formula is C74H89ClN22O8S3. The Balaban J connectivity index is 0.000000291. The molecule has 5 aromatic carbocycles. The molecule has 5 N–H and O–H groups in total. The van der Waals surface area contributed by atoms with Gasteiger partial charge in [0.25, 0.3) is 5.95 Å². The summed E-state index contributed by atoms with van der Waals surface area (Å²) < 4.78 is 85.7. The van der Waals surface area contributed by atoms with Gasteiger partial charge in [-0.15, -0.1) is 20.5 Å². The van der Waals surface area contributed by atoms with Crippen LogP contribution in [0.25, 0.3) is 11.8 Å². The average Bonchev–Trinajstić information content (AvgIpc) is 1.49. The highest BCUT2D eigenvalue weighted by Crippen LogP contribution is 2.42. The number of nitriles is 2. The second-order valence-corrected chi connectivity index (χ2v) is 31.3. The van der Waals surface area contributed by atoms with E-state index >= 15 is 0 Å². The number of benzene rings is 5. The van der Waals surface area contributed by atoms with Gasteiger partial charge in [0.15, 0.2) is 17.5 Å². The van der Waals surface area contributed by atoms with Crippen molar-refractivity contribution in [1.29, 1.82) is 10.5 Å². The van der Waals surface area contributed by atoms with E-state index in [1.54, 1.807) is 119 Å². The molecule has 0 radical (unpaired) electrons. The van der Waals surface area contributed by atoms with E-state index < -0.39 is 30.1 Å². The first-order chi connectivity index (χ1) is 51.6. The van der Waals surface area contributed by atoms with E-state index in [1.807, 2.05) is 23.1 Å². The maximum Gasteiger partial charge on any atom is 0.256 e. The second-order valence-electron chi connectivity index (χ2n) is 25.4. The van der Waals surface area contributed by atoms with Crippen molar-refractivity contribution in [1.82, 2.24) is 44.5 Å². The third-order valence-corrected chi connectivity index (χ3v) is 19.9. The summed E-state index contributed by atoms with van der Waals surface area (Å²) in [6.07, 6.45) is 17.2. The van der Waals surface area contributed by atoms with Gasteiger partial charge in [-0.1, -0.05) is 103 Å². The lowest BCUT2D eigenvalue weighted by atomic mass is 10.1. The topological polar surface area (TPSA) is 400 Å². The molecular weight excluding hydrogens is 1460 g/mol. The lowest BCUT2D eigenvalue weighted by Gasteiger charge is -2.26. The normalized spacial score (nSPS) is 11.6. The monoisotopic (exact) mass is 1540 g/mol. The number of nitrogens with zero attached hydrogens (tertiary/aromatic N) is 17. The average molecular weight is 1550 g/mol. The van der Waals surface area contributed by atoms with Crippen LogP contribution < -0.4 is 34.6 Å². The van der Waals surface area contributed by atoms with E-state index in [0.29, 0.717) is 87.9 Å². The van der Waals surface area contributed by atoms with E-state index in [1.165, 1.54) is 35.6 Å². The highest BCUT2D eigenvalue weighted by atomic mass is 35.5. The van der Waals surface area contributed by atoms with E-state index in [0.717, 1.165) is 94.7 Å². The van der Waals surface area contributed by atoms with Crippen molar-refractivity contribution in [3.63, 3.8) is 0 Å². The standard InChI is InChI=1S/C45H56ClN11O5S2.C29H33N11O3S/c1-5-7-9-11-13-15-27-63(59,60)54-35-17-21-37(22-18-35)56(38-23-19-36(20-24-38)55-64(61,62)28-16-14-12-10-8-6-2)39-25-26-41(42(29-39)50-34(4)58)51-52-45-40(30-47)33(3)53-57(45)44-32-48-43(46)31-49-44;1-7-8-15-39(23-11-9-22(10-12-23)38-44(6,42)43)24-13-14-26(27(16-24)34-21(5)41)35-36-28-25(17-30)18(2)37-40(28)29-32-19(3)31-20(4)33-29/h17-26,29,31-32,54-55H,5-16,27-28H2,1-4H3,(H,50,58);9-14,16,38H,7-8,15H2,1-6H3,(H,34,41). The number of aromatic nitrogens is 9. The minimum atomic E-state index is -3.58. The van der Waals surface area contributed by atoms with E-state index in [2.05, 4.69) is 118 Å². The van der Waals surface area contributed by atoms with Gasteiger partial charge in [0.05, 0.1) is 52.9 Å². The number of aryl methyl sites for hydroxylation is 4. The van der Waals surface area contributed by atoms with Crippen LogP contribution in [0.15, 0.2) is 142 Å². The SMILES string of the molecule is CCCCCCCCS(=O)(=O)Nc1ccc(N(c2ccc(NS(=O)(=O)CCCCCCCC)cc2)c2ccc(N=Nc3c(C#N)c(C)nn3-c3cnc(Cl)cn3)c(NC(C)=O)c2)cc1.CCCCN(c1ccc(NS(C)(=O)=O)cc1)c1ccc(N=Nc2c(C#N)c(C)nn2-c2nc(C)nc(C)n2)c(NC(C)=O)c1. The van der Waals surface area contributed by atoms with Gasteiger partial charge >= 0.3 is 0 Å². The summed E-state index contributed by atoms with van der Waals surface area (Å²) in [4.78, 5) is 49.9. The summed E-state index contributed by atoms with van der Waals surface area (Å²) in [6.45, 7) is 16.6. The Hall–Kier alpha value is -11.1. The van der Waals surface area contributed by atoms with Crippen LogP contribution in [-0.2, 0) is 39.7 Å². The molecule has 0 saturated carbocycles. The molecule has 0 unspecified atom stereocenters. The van der Waals surface area contributed by atoms with Crippen molar-refractivity contribution in [3.8, 4) is 23.9 Å². The predicted octanol–water partition coefficient (Wildman–Crippen LogP) is 17.1. The predicted molar refractivity (Wildman–Crippen MR) is 422 cm³/mol. The minimum absolute atomic E-state index is 0.0205. The maximum atomic E-state index is 13.0. The van der Waals surface area contributed by atoms with Crippen LogP contribution in [0.5, 0.6) is 0 Å². The fourth-order valence-electron chi connectivity index (χ4n) is 11.3. The number of carbonyl (C=O) groups is 2. The molecule has 0 saturated heterocycles. The van der Waals surface area contributed by atoms with Gasteiger partial charge in [0, 0.05) is 65.9 Å². The van der Waals surface area contributed by atoms with Crippen molar-refractivity contribution in [3.05, 3.63) is 161 Å². The Bertz CT molecular complexity index is 4990. The molecule has 0 bridgehead atoms. The third-order valence-electron chi connectivity index (χ3n) is 16.4. The first-order valence-electron chi connectivity index (χ1n) is 35.3. The Morgan fingerprint density at radius 1 is 0.500 bits per heavy atom. The number of unbranched alkanes of at least 4 members (excludes halogenated alkanes) is 11. The highest BCUT2D eigenvalue weighted by molar-refractivity contribution is 7.93. The Morgan fingerprint density at radius 2 is 0.917 bits per heavy atom. The summed E-state index contributed by atoms with van der Waals surface area (Å²) in [6, 6.07) is 35.5. The van der Waals surface area contributed by atoms with Crippen molar-refractivity contribution in [2.45, 2.75) is 152 Å². The molecule has 2 amide bonds. The quantitative estimate of drug-likeness (QED) is 0.0180. The van der Waals surface area contributed by atoms with Crippen LogP contribution in [0.2, 0.25) is 5.15 Å². The molecule has 108 heavy (non-hydrogen) atoms. The number of hydrogen-bond donors (Lipinski definition) is 5. The van der Waals surface area contributed by atoms with Gasteiger partial charge in [-0.3, -0.25) is 23.8 Å². The Kier molecular flexibility index (Phi) is 29.7. The maximum absolute atomic E-state index is 13.0. The molecule has 0 aliphatic carbocycles. The Morgan fingerprint density at radius 3 is 1.36 bits per heavy atom. The van der Waals surface area contributed by atoms with Crippen LogP contribution in [0.4, 0.5) is 79.9 Å². The number of amides is 2. The molecule has 0 spiro atoms. The number of nitrogens with one attached hydrogen (secondary N) is 5. The second kappa shape index (κ2) is 38.9. The molecule has 30 nitrogen and oxygen atoms in total. The molecule has 4 aromatic heterocycles. The summed E-state index contributed by atoms with van der Waals surface area (Å²) in [5, 5.41) is 52.1. The number of halogens is 1. The lowest BCUT2D eigenvalue weighted by molar-refractivity contribution is -0.115. The fourth-order valence-corrected chi connectivity index (χ4v) is 14.3. The number of rotatable bonds is 36. The summed E-state index contributed by atoms with van der Waals surface area (Å²) in [5.41, 5.74) is 7.15. The van der Waals surface area contributed by atoms with E-state index in [-0.39, 0.29) is 74.4 Å². The van der Waals surface area contributed by atoms with Crippen LogP contribution in [0, 0.1) is 50.4 Å². The fraction of sp³-hybridized carbons (Fsp3) is 0.365. The largest absolute Gasteiger partial charge is 0.341 e. The molecule has 9 rings (SSSR count). The van der Waals surface area contributed by atoms with Crippen molar-refractivity contribution < 1.29 is 34.8 Å². The molecule has 9 aromatic rings. The van der Waals surface area contributed by atoms with Gasteiger partial charge in [0.1, 0.15) is 51.4 Å². The summed E-state index contributed by atoms with van der Waals surface area (Å²) in [5.74, 6) is 1.01. The van der Waals surface area contributed by atoms with Crippen LogP contribution in [-0.4, -0.2) is 106 Å². The number of hydrogen-bond acceptors (Lipinski definition) is 23. The zero-order valence-corrected chi connectivity index (χ0v) is 65.2. The molecule has 4 heterocycles. The van der Waals surface area contributed by atoms with Gasteiger partial charge < -0.3 is 20.4 Å². The molecule has 568 valence electrons. The van der Waals surface area contributed by atoms with Gasteiger partial charge in [-0.05, 0) is 156 Å². The smallest absolute Gasteiger partial charge is 0.256 e. The third kappa shape index (κ3) is 24.2. The summed E-state index contributed by atoms with van der Waals surface area (Å²) in [7, 11) is -10.6. The number of carbonyl (C=O) groups excluding carboxylic acids is 2. The van der Waals surface area contributed by atoms with E-state index in [9.17, 15) is 45.4 Å². The van der Waals surface area contributed by atoms with Gasteiger partial charge in [-0.2, -0.15) is 40.1 Å². The van der Waals surface area contributed by atoms with Crippen LogP contribution in [0.3, 0.4) is 0 Å². The molecule has 34 heteroatoms.